The Bertz CT molecular complexity index is 663. The molecular weight excluding hydrogens is 305 g/mol. The Morgan fingerprint density at radius 2 is 2.08 bits per heavy atom. The van der Waals surface area contributed by atoms with E-state index in [0.29, 0.717) is 11.6 Å². The molecule has 0 radical (unpaired) electrons. The Kier molecular flexibility index (Phi) is 4.60. The van der Waals surface area contributed by atoms with Crippen molar-refractivity contribution in [1.29, 1.82) is 5.26 Å². The normalized spacial score (nSPS) is 21.0. The molecule has 0 bridgehead atoms. The van der Waals surface area contributed by atoms with E-state index in [-0.39, 0.29) is 30.2 Å². The first-order chi connectivity index (χ1) is 11.4. The second-order valence-corrected chi connectivity index (χ2v) is 7.24. The molecular formula is C19H24FN3O. The number of amides is 1. The van der Waals surface area contributed by atoms with Crippen LogP contribution in [0, 0.1) is 23.1 Å². The van der Waals surface area contributed by atoms with Crippen molar-refractivity contribution < 1.29 is 9.18 Å². The molecule has 128 valence electrons. The summed E-state index contributed by atoms with van der Waals surface area (Å²) in [4.78, 5) is 14.6. The van der Waals surface area contributed by atoms with Gasteiger partial charge in [0, 0.05) is 17.6 Å². The molecule has 2 aliphatic carbocycles. The van der Waals surface area contributed by atoms with E-state index in [1.807, 2.05) is 13.0 Å². The zero-order valence-corrected chi connectivity index (χ0v) is 14.3. The number of hydrogen-bond donors (Lipinski definition) is 1. The first-order valence-electron chi connectivity index (χ1n) is 8.67. The van der Waals surface area contributed by atoms with Crippen molar-refractivity contribution in [2.75, 3.05) is 6.54 Å². The van der Waals surface area contributed by atoms with Gasteiger partial charge in [-0.25, -0.2) is 4.39 Å². The Hall–Kier alpha value is -1.93. The molecule has 0 saturated heterocycles. The number of nitriles is 1. The standard InChI is InChI=1S/C19H24FN3O/c1-13(16-5-3-4-6-17(16)20)23(15-9-10-15)11-18(24)22-19(2,12-21)14-7-8-14/h3-6,13-15H,7-11H2,1-2H3,(H,22,24)/t13-,19+/m1/s1. The summed E-state index contributed by atoms with van der Waals surface area (Å²) in [5, 5.41) is 12.3. The molecule has 2 aliphatic rings. The first-order valence-corrected chi connectivity index (χ1v) is 8.67. The van der Waals surface area contributed by atoms with Gasteiger partial charge in [0.15, 0.2) is 0 Å². The molecule has 0 aliphatic heterocycles. The summed E-state index contributed by atoms with van der Waals surface area (Å²) in [5.74, 6) is -0.137. The average molecular weight is 329 g/mol. The number of hydrogen-bond acceptors (Lipinski definition) is 3. The molecule has 1 aromatic carbocycles. The molecule has 4 nitrogen and oxygen atoms in total. The average Bonchev–Trinajstić information content (AvgIpc) is 3.44. The minimum Gasteiger partial charge on any atom is -0.337 e. The summed E-state index contributed by atoms with van der Waals surface area (Å²) in [6.45, 7) is 3.93. The largest absolute Gasteiger partial charge is 0.337 e. The Morgan fingerprint density at radius 1 is 1.42 bits per heavy atom. The van der Waals surface area contributed by atoms with Crippen molar-refractivity contribution in [3.63, 3.8) is 0 Å². The van der Waals surface area contributed by atoms with E-state index < -0.39 is 5.54 Å². The van der Waals surface area contributed by atoms with Gasteiger partial charge in [0.1, 0.15) is 11.4 Å². The molecule has 0 heterocycles. The van der Waals surface area contributed by atoms with E-state index in [2.05, 4.69) is 16.3 Å². The molecule has 0 spiro atoms. The predicted molar refractivity (Wildman–Crippen MR) is 89.4 cm³/mol. The predicted octanol–water partition coefficient (Wildman–Crippen LogP) is 3.16. The molecule has 2 saturated carbocycles. The van der Waals surface area contributed by atoms with Crippen LogP contribution in [0.4, 0.5) is 4.39 Å². The van der Waals surface area contributed by atoms with Crippen LogP contribution in [-0.4, -0.2) is 28.9 Å². The van der Waals surface area contributed by atoms with Crippen LogP contribution >= 0.6 is 0 Å². The van der Waals surface area contributed by atoms with Gasteiger partial charge < -0.3 is 5.32 Å². The van der Waals surface area contributed by atoms with E-state index in [4.69, 9.17) is 0 Å². The molecule has 0 aromatic heterocycles. The third-order valence-corrected chi connectivity index (χ3v) is 5.22. The number of nitrogens with one attached hydrogen (secondary N) is 1. The Labute approximate surface area is 142 Å². The number of rotatable bonds is 7. The van der Waals surface area contributed by atoms with Gasteiger partial charge >= 0.3 is 0 Å². The van der Waals surface area contributed by atoms with Crippen molar-refractivity contribution in [1.82, 2.24) is 10.2 Å². The molecule has 1 N–H and O–H groups in total. The molecule has 3 rings (SSSR count). The van der Waals surface area contributed by atoms with Gasteiger partial charge in [0.2, 0.25) is 5.91 Å². The van der Waals surface area contributed by atoms with Gasteiger partial charge in [-0.2, -0.15) is 5.26 Å². The molecule has 2 atom stereocenters. The zero-order valence-electron chi connectivity index (χ0n) is 14.3. The van der Waals surface area contributed by atoms with Gasteiger partial charge in [-0.1, -0.05) is 18.2 Å². The van der Waals surface area contributed by atoms with Crippen LogP contribution in [0.15, 0.2) is 24.3 Å². The smallest absolute Gasteiger partial charge is 0.235 e. The van der Waals surface area contributed by atoms with Crippen LogP contribution in [0.2, 0.25) is 0 Å². The highest BCUT2D eigenvalue weighted by molar-refractivity contribution is 5.79. The van der Waals surface area contributed by atoms with E-state index in [9.17, 15) is 14.4 Å². The fourth-order valence-electron chi connectivity index (χ4n) is 3.36. The minimum atomic E-state index is -0.784. The fraction of sp³-hybridized carbons (Fsp3) is 0.579. The lowest BCUT2D eigenvalue weighted by Gasteiger charge is -2.31. The van der Waals surface area contributed by atoms with Crippen LogP contribution in [0.3, 0.4) is 0 Å². The van der Waals surface area contributed by atoms with E-state index >= 15 is 0 Å². The van der Waals surface area contributed by atoms with E-state index in [1.165, 1.54) is 6.07 Å². The number of benzene rings is 1. The summed E-state index contributed by atoms with van der Waals surface area (Å²) < 4.78 is 14.1. The highest BCUT2D eigenvalue weighted by atomic mass is 19.1. The van der Waals surface area contributed by atoms with Gasteiger partial charge in [-0.05, 0) is 51.5 Å². The van der Waals surface area contributed by atoms with Gasteiger partial charge in [-0.3, -0.25) is 9.69 Å². The van der Waals surface area contributed by atoms with Crippen LogP contribution in [0.25, 0.3) is 0 Å². The quantitative estimate of drug-likeness (QED) is 0.836. The van der Waals surface area contributed by atoms with Crippen molar-refractivity contribution in [2.24, 2.45) is 5.92 Å². The first kappa shape index (κ1) is 16.9. The summed E-state index contributed by atoms with van der Waals surface area (Å²) in [6, 6.07) is 9.12. The molecule has 24 heavy (non-hydrogen) atoms. The van der Waals surface area contributed by atoms with Gasteiger partial charge in [0.05, 0.1) is 12.6 Å². The number of carbonyl (C=O) groups is 1. The molecule has 1 amide bonds. The van der Waals surface area contributed by atoms with Gasteiger partial charge in [0.25, 0.3) is 0 Å². The third kappa shape index (κ3) is 3.59. The Balaban J connectivity index is 1.69. The lowest BCUT2D eigenvalue weighted by Crippen LogP contribution is -2.50. The van der Waals surface area contributed by atoms with Crippen LogP contribution in [0.1, 0.15) is 51.1 Å². The molecule has 1 aromatic rings. The highest BCUT2D eigenvalue weighted by Crippen LogP contribution is 2.39. The second kappa shape index (κ2) is 6.52. The van der Waals surface area contributed by atoms with Crippen molar-refractivity contribution in [3.05, 3.63) is 35.6 Å². The number of halogens is 1. The van der Waals surface area contributed by atoms with Crippen molar-refractivity contribution >= 4 is 5.91 Å². The van der Waals surface area contributed by atoms with E-state index in [0.717, 1.165) is 25.7 Å². The molecule has 2 fully saturated rings. The fourth-order valence-corrected chi connectivity index (χ4v) is 3.36. The van der Waals surface area contributed by atoms with Gasteiger partial charge in [-0.15, -0.1) is 0 Å². The lowest BCUT2D eigenvalue weighted by molar-refractivity contribution is -0.124. The van der Waals surface area contributed by atoms with E-state index in [1.54, 1.807) is 19.1 Å². The second-order valence-electron chi connectivity index (χ2n) is 7.24. The van der Waals surface area contributed by atoms with Crippen LogP contribution < -0.4 is 5.32 Å². The number of carbonyl (C=O) groups excluding carboxylic acids is 1. The Morgan fingerprint density at radius 3 is 2.62 bits per heavy atom. The molecule has 0 unspecified atom stereocenters. The van der Waals surface area contributed by atoms with Crippen LogP contribution in [-0.2, 0) is 4.79 Å². The molecule has 5 heteroatoms. The maximum Gasteiger partial charge on any atom is 0.235 e. The maximum atomic E-state index is 14.1. The minimum absolute atomic E-state index is 0.152. The lowest BCUT2D eigenvalue weighted by atomic mass is 9.98. The summed E-state index contributed by atoms with van der Waals surface area (Å²) in [5.41, 5.74) is -0.171. The van der Waals surface area contributed by atoms with Crippen molar-refractivity contribution in [3.8, 4) is 6.07 Å². The third-order valence-electron chi connectivity index (χ3n) is 5.22. The zero-order chi connectivity index (χ0) is 17.3. The number of nitrogens with zero attached hydrogens (tertiary/aromatic N) is 2. The SMILES string of the molecule is C[C@H](c1ccccc1F)N(CC(=O)N[C@@](C)(C#N)C1CC1)C1CC1. The topological polar surface area (TPSA) is 56.1 Å². The summed E-state index contributed by atoms with van der Waals surface area (Å²) in [6.07, 6.45) is 4.04. The van der Waals surface area contributed by atoms with Crippen molar-refractivity contribution in [2.45, 2.75) is 57.2 Å². The summed E-state index contributed by atoms with van der Waals surface area (Å²) in [7, 11) is 0. The summed E-state index contributed by atoms with van der Waals surface area (Å²) >= 11 is 0. The van der Waals surface area contributed by atoms with Crippen LogP contribution in [0.5, 0.6) is 0 Å². The highest BCUT2D eigenvalue weighted by Gasteiger charge is 2.44. The maximum absolute atomic E-state index is 14.1. The monoisotopic (exact) mass is 329 g/mol.